The van der Waals surface area contributed by atoms with Gasteiger partial charge in [0.25, 0.3) is 0 Å². The number of hydrogen-bond acceptors (Lipinski definition) is 4. The predicted octanol–water partition coefficient (Wildman–Crippen LogP) is 13.3. The SMILES string of the molecule is c1ccc(-c2cccc(-c3nc(-c4ccccc4)nc(-n4c5ccccc5c5c6c7ccccc7c7ccccc7c6c6c7ccccc7oc6c54)n3)c2)cc1. The molecule has 0 N–H and O–H groups in total. The second-order valence-electron chi connectivity index (χ2n) is 14.3. The summed E-state index contributed by atoms with van der Waals surface area (Å²) in [6.07, 6.45) is 0. The van der Waals surface area contributed by atoms with E-state index < -0.39 is 0 Å². The number of benzene rings is 9. The van der Waals surface area contributed by atoms with Crippen LogP contribution in [0.25, 0.3) is 116 Å². The normalized spacial score (nSPS) is 11.9. The molecule has 0 amide bonds. The molecule has 5 nitrogen and oxygen atoms in total. The highest BCUT2D eigenvalue weighted by atomic mass is 16.3. The molecule has 3 heterocycles. The fourth-order valence-corrected chi connectivity index (χ4v) is 8.82. The minimum atomic E-state index is 0.524. The van der Waals surface area contributed by atoms with E-state index in [1.54, 1.807) is 0 Å². The van der Waals surface area contributed by atoms with Crippen molar-refractivity contribution in [2.24, 2.45) is 0 Å². The Morgan fingerprint density at radius 3 is 1.59 bits per heavy atom. The molecule has 0 bridgehead atoms. The van der Waals surface area contributed by atoms with Gasteiger partial charge in [0.2, 0.25) is 5.95 Å². The molecule has 0 aliphatic heterocycles. The minimum Gasteiger partial charge on any atom is -0.454 e. The van der Waals surface area contributed by atoms with Gasteiger partial charge < -0.3 is 4.42 Å². The van der Waals surface area contributed by atoms with E-state index in [2.05, 4.69) is 156 Å². The van der Waals surface area contributed by atoms with Crippen LogP contribution in [0.1, 0.15) is 0 Å². The zero-order valence-electron chi connectivity index (χ0n) is 30.0. The van der Waals surface area contributed by atoms with Gasteiger partial charge in [-0.15, -0.1) is 0 Å². The summed E-state index contributed by atoms with van der Waals surface area (Å²) in [7, 11) is 0. The molecule has 56 heavy (non-hydrogen) atoms. The maximum atomic E-state index is 7.03. The molecule has 0 aliphatic rings. The van der Waals surface area contributed by atoms with Crippen molar-refractivity contribution in [2.45, 2.75) is 0 Å². The van der Waals surface area contributed by atoms with Gasteiger partial charge in [0.1, 0.15) is 11.1 Å². The van der Waals surface area contributed by atoms with Crippen molar-refractivity contribution in [1.82, 2.24) is 19.5 Å². The molecule has 260 valence electrons. The summed E-state index contributed by atoms with van der Waals surface area (Å²) in [5.74, 6) is 1.71. The van der Waals surface area contributed by atoms with Crippen LogP contribution in [-0.4, -0.2) is 19.5 Å². The number of nitrogens with zero attached hydrogens (tertiary/aromatic N) is 4. The summed E-state index contributed by atoms with van der Waals surface area (Å²) in [6, 6.07) is 63.6. The first-order valence-electron chi connectivity index (χ1n) is 18.9. The maximum absolute atomic E-state index is 7.03. The second-order valence-corrected chi connectivity index (χ2v) is 14.3. The van der Waals surface area contributed by atoms with Crippen molar-refractivity contribution in [3.8, 4) is 39.9 Å². The van der Waals surface area contributed by atoms with Gasteiger partial charge >= 0.3 is 0 Å². The van der Waals surface area contributed by atoms with E-state index in [-0.39, 0.29) is 0 Å². The molecule has 12 aromatic rings. The molecule has 0 atom stereocenters. The summed E-state index contributed by atoms with van der Waals surface area (Å²) < 4.78 is 9.23. The van der Waals surface area contributed by atoms with E-state index >= 15 is 0 Å². The van der Waals surface area contributed by atoms with Gasteiger partial charge in [0.15, 0.2) is 17.2 Å². The third-order valence-electron chi connectivity index (χ3n) is 11.2. The fourth-order valence-electron chi connectivity index (χ4n) is 8.82. The first kappa shape index (κ1) is 30.8. The van der Waals surface area contributed by atoms with Crippen LogP contribution in [0.4, 0.5) is 0 Å². The van der Waals surface area contributed by atoms with Crippen molar-refractivity contribution in [2.75, 3.05) is 0 Å². The van der Waals surface area contributed by atoms with Crippen molar-refractivity contribution in [3.05, 3.63) is 182 Å². The zero-order chi connectivity index (χ0) is 36.7. The Labute approximate surface area is 320 Å². The lowest BCUT2D eigenvalue weighted by Gasteiger charge is -2.14. The predicted molar refractivity (Wildman–Crippen MR) is 230 cm³/mol. The van der Waals surface area contributed by atoms with E-state index in [9.17, 15) is 0 Å². The number of fused-ring (bicyclic) bond motifs is 15. The molecule has 0 fully saturated rings. The summed E-state index contributed by atoms with van der Waals surface area (Å²) in [5.41, 5.74) is 7.61. The minimum absolute atomic E-state index is 0.524. The number of rotatable bonds is 4. The van der Waals surface area contributed by atoms with Crippen LogP contribution in [0, 0.1) is 0 Å². The van der Waals surface area contributed by atoms with Crippen LogP contribution in [-0.2, 0) is 0 Å². The average Bonchev–Trinajstić information content (AvgIpc) is 3.84. The van der Waals surface area contributed by atoms with Crippen LogP contribution in [0.3, 0.4) is 0 Å². The molecule has 9 aromatic carbocycles. The Morgan fingerprint density at radius 1 is 0.357 bits per heavy atom. The molecule has 0 aliphatic carbocycles. The molecule has 0 radical (unpaired) electrons. The third-order valence-corrected chi connectivity index (χ3v) is 11.2. The number of furan rings is 1. The lowest BCUT2D eigenvalue weighted by molar-refractivity contribution is 0.671. The molecule has 12 rings (SSSR count). The van der Waals surface area contributed by atoms with Crippen LogP contribution in [0.2, 0.25) is 0 Å². The first-order valence-corrected chi connectivity index (χ1v) is 18.9. The molecule has 3 aromatic heterocycles. The number of aromatic nitrogens is 4. The quantitative estimate of drug-likeness (QED) is 0.170. The second kappa shape index (κ2) is 11.9. The Hall–Kier alpha value is -7.63. The van der Waals surface area contributed by atoms with E-state index in [0.717, 1.165) is 66.0 Å². The first-order chi connectivity index (χ1) is 27.8. The molecule has 0 unspecified atom stereocenters. The number of hydrogen-bond donors (Lipinski definition) is 0. The zero-order valence-corrected chi connectivity index (χ0v) is 30.0. The van der Waals surface area contributed by atoms with E-state index in [1.807, 2.05) is 30.3 Å². The van der Waals surface area contributed by atoms with Crippen LogP contribution in [0.5, 0.6) is 0 Å². The Bertz CT molecular complexity index is 3530. The Balaban J connectivity index is 1.28. The highest BCUT2D eigenvalue weighted by Gasteiger charge is 2.27. The van der Waals surface area contributed by atoms with Crippen LogP contribution >= 0.6 is 0 Å². The van der Waals surface area contributed by atoms with Gasteiger partial charge in [-0.3, -0.25) is 4.57 Å². The summed E-state index contributed by atoms with van der Waals surface area (Å²) in [4.78, 5) is 15.8. The fraction of sp³-hybridized carbons (Fsp3) is 0. The van der Waals surface area contributed by atoms with Crippen molar-refractivity contribution >= 4 is 76.1 Å². The highest BCUT2D eigenvalue weighted by molar-refractivity contribution is 6.44. The third kappa shape index (κ3) is 4.46. The van der Waals surface area contributed by atoms with E-state index in [1.165, 1.54) is 32.3 Å². The van der Waals surface area contributed by atoms with Gasteiger partial charge in [-0.05, 0) is 50.9 Å². The molecule has 0 spiro atoms. The summed E-state index contributed by atoms with van der Waals surface area (Å²) >= 11 is 0. The van der Waals surface area contributed by atoms with Crippen molar-refractivity contribution in [1.29, 1.82) is 0 Å². The average molecular weight is 715 g/mol. The van der Waals surface area contributed by atoms with Crippen molar-refractivity contribution in [3.63, 3.8) is 0 Å². The van der Waals surface area contributed by atoms with Gasteiger partial charge in [0.05, 0.1) is 5.52 Å². The molecule has 0 saturated heterocycles. The molecule has 5 heteroatoms. The van der Waals surface area contributed by atoms with Gasteiger partial charge in [0, 0.05) is 43.4 Å². The Morgan fingerprint density at radius 2 is 0.875 bits per heavy atom. The van der Waals surface area contributed by atoms with Crippen LogP contribution < -0.4 is 0 Å². The standard InChI is InChI=1S/C51H30N4O/c1-3-16-31(17-4-1)33-20-15-21-34(30-33)50-52-49(32-18-5-2-6-19-32)53-51(54-50)55-41-28-13-11-26-39(41)45-43-37-24-9-7-22-35(37)36-23-8-10-25-38(36)44(43)46-40-27-12-14-29-42(40)56-48(46)47(45)55/h1-30H. The molecular formula is C51H30N4O. The van der Waals surface area contributed by atoms with Gasteiger partial charge in [-0.25, -0.2) is 4.98 Å². The summed E-state index contributed by atoms with van der Waals surface area (Å²) in [6.45, 7) is 0. The van der Waals surface area contributed by atoms with Gasteiger partial charge in [-0.1, -0.05) is 164 Å². The van der Waals surface area contributed by atoms with Crippen molar-refractivity contribution < 1.29 is 4.42 Å². The smallest absolute Gasteiger partial charge is 0.238 e. The molecular weight excluding hydrogens is 685 g/mol. The number of para-hydroxylation sites is 2. The monoisotopic (exact) mass is 714 g/mol. The summed E-state index contributed by atoms with van der Waals surface area (Å²) in [5, 5.41) is 11.6. The largest absolute Gasteiger partial charge is 0.454 e. The topological polar surface area (TPSA) is 56.7 Å². The van der Waals surface area contributed by atoms with Gasteiger partial charge in [-0.2, -0.15) is 9.97 Å². The Kier molecular flexibility index (Phi) is 6.56. The lowest BCUT2D eigenvalue weighted by Crippen LogP contribution is -2.06. The lowest BCUT2D eigenvalue weighted by atomic mass is 9.89. The maximum Gasteiger partial charge on any atom is 0.238 e. The highest BCUT2D eigenvalue weighted by Crippen LogP contribution is 2.50. The molecule has 0 saturated carbocycles. The van der Waals surface area contributed by atoms with Crippen LogP contribution in [0.15, 0.2) is 186 Å². The van der Waals surface area contributed by atoms with E-state index in [0.29, 0.717) is 17.6 Å². The van der Waals surface area contributed by atoms with E-state index in [4.69, 9.17) is 19.4 Å².